The van der Waals surface area contributed by atoms with Crippen LogP contribution in [0.5, 0.6) is 0 Å². The average molecular weight is 186 g/mol. The lowest BCUT2D eigenvalue weighted by atomic mass is 9.99. The average Bonchev–Trinajstić information content (AvgIpc) is 2.01. The molecule has 1 aromatic carbocycles. The molecule has 0 aliphatic heterocycles. The van der Waals surface area contributed by atoms with Crippen LogP contribution in [0.15, 0.2) is 30.4 Å². The van der Waals surface area contributed by atoms with Gasteiger partial charge in [0.05, 0.1) is 0 Å². The summed E-state index contributed by atoms with van der Waals surface area (Å²) in [6.07, 6.45) is 4.21. The maximum Gasteiger partial charge on any atom is -0.0198 e. The Balaban J connectivity index is 3.15. The van der Waals surface area contributed by atoms with Crippen LogP contribution in [0.4, 0.5) is 0 Å². The van der Waals surface area contributed by atoms with Crippen LogP contribution in [0, 0.1) is 20.8 Å². The predicted octanol–water partition coefficient (Wildman–Crippen LogP) is 4.20. The summed E-state index contributed by atoms with van der Waals surface area (Å²) in [6.45, 7) is 12.3. The normalized spacial score (nSPS) is 10.9. The molecule has 0 heterocycles. The van der Waals surface area contributed by atoms with Gasteiger partial charge in [0.15, 0.2) is 0 Å². The maximum absolute atomic E-state index is 3.86. The number of rotatable bonds is 2. The second-order valence-electron chi connectivity index (χ2n) is 3.99. The van der Waals surface area contributed by atoms with Gasteiger partial charge in [-0.1, -0.05) is 42.0 Å². The number of benzene rings is 1. The minimum absolute atomic E-state index is 1.09. The van der Waals surface area contributed by atoms with Crippen LogP contribution in [0.3, 0.4) is 0 Å². The number of allylic oxidation sites excluding steroid dienone is 2. The van der Waals surface area contributed by atoms with Crippen molar-refractivity contribution in [3.05, 3.63) is 52.6 Å². The number of aryl methyl sites for hydroxylation is 3. The fourth-order valence-corrected chi connectivity index (χ4v) is 1.68. The lowest BCUT2D eigenvalue weighted by Crippen LogP contribution is -1.88. The third-order valence-corrected chi connectivity index (χ3v) is 2.27. The predicted molar refractivity (Wildman–Crippen MR) is 64.5 cm³/mol. The van der Waals surface area contributed by atoms with E-state index in [9.17, 15) is 0 Å². The summed E-state index contributed by atoms with van der Waals surface area (Å²) in [7, 11) is 0. The van der Waals surface area contributed by atoms with E-state index < -0.39 is 0 Å². The Morgan fingerprint density at radius 2 is 1.64 bits per heavy atom. The summed E-state index contributed by atoms with van der Waals surface area (Å²) in [5, 5.41) is 0. The molecule has 1 aromatic rings. The van der Waals surface area contributed by atoms with Crippen LogP contribution in [0.1, 0.15) is 29.2 Å². The van der Waals surface area contributed by atoms with Crippen molar-refractivity contribution in [3.8, 4) is 0 Å². The smallest absolute Gasteiger partial charge is 0.0198 e. The maximum atomic E-state index is 3.86. The molecule has 0 aromatic heterocycles. The molecule has 0 bridgehead atoms. The van der Waals surface area contributed by atoms with Gasteiger partial charge in [0.2, 0.25) is 0 Å². The van der Waals surface area contributed by atoms with Crippen molar-refractivity contribution in [1.82, 2.24) is 0 Å². The van der Waals surface area contributed by atoms with Gasteiger partial charge in [0.1, 0.15) is 0 Å². The van der Waals surface area contributed by atoms with E-state index >= 15 is 0 Å². The molecule has 14 heavy (non-hydrogen) atoms. The highest BCUT2D eigenvalue weighted by atomic mass is 14.0. The first kappa shape index (κ1) is 10.8. The molecular weight excluding hydrogens is 168 g/mol. The van der Waals surface area contributed by atoms with E-state index in [0.29, 0.717) is 0 Å². The third kappa shape index (κ3) is 2.59. The molecule has 0 fully saturated rings. The summed E-state index contributed by atoms with van der Waals surface area (Å²) in [4.78, 5) is 0. The highest BCUT2D eigenvalue weighted by Gasteiger charge is 1.99. The van der Waals surface area contributed by atoms with Crippen LogP contribution >= 0.6 is 0 Å². The van der Waals surface area contributed by atoms with Crippen molar-refractivity contribution in [2.75, 3.05) is 0 Å². The SMILES string of the molecule is C=C(C)/C=C/c1c(C)cc(C)cc1C. The van der Waals surface area contributed by atoms with Crippen molar-refractivity contribution in [2.45, 2.75) is 27.7 Å². The Morgan fingerprint density at radius 1 is 1.14 bits per heavy atom. The summed E-state index contributed by atoms with van der Waals surface area (Å²) in [6, 6.07) is 4.43. The second-order valence-corrected chi connectivity index (χ2v) is 3.99. The molecule has 0 nitrogen and oxygen atoms in total. The molecule has 0 unspecified atom stereocenters. The molecule has 0 spiro atoms. The van der Waals surface area contributed by atoms with Gasteiger partial charge in [-0.15, -0.1) is 0 Å². The Bertz CT molecular complexity index is 358. The minimum Gasteiger partial charge on any atom is -0.0961 e. The van der Waals surface area contributed by atoms with Gasteiger partial charge in [0, 0.05) is 0 Å². The fourth-order valence-electron chi connectivity index (χ4n) is 1.68. The lowest BCUT2D eigenvalue weighted by molar-refractivity contribution is 1.30. The van der Waals surface area contributed by atoms with E-state index in [0.717, 1.165) is 5.57 Å². The van der Waals surface area contributed by atoms with Crippen molar-refractivity contribution >= 4 is 6.08 Å². The van der Waals surface area contributed by atoms with Crippen molar-refractivity contribution in [1.29, 1.82) is 0 Å². The molecule has 0 N–H and O–H groups in total. The van der Waals surface area contributed by atoms with E-state index in [-0.39, 0.29) is 0 Å². The van der Waals surface area contributed by atoms with Gasteiger partial charge in [-0.25, -0.2) is 0 Å². The van der Waals surface area contributed by atoms with Crippen LogP contribution in [-0.2, 0) is 0 Å². The summed E-state index contributed by atoms with van der Waals surface area (Å²) < 4.78 is 0. The van der Waals surface area contributed by atoms with Crippen LogP contribution in [0.2, 0.25) is 0 Å². The Labute approximate surface area is 87.0 Å². The molecule has 0 atom stereocenters. The van der Waals surface area contributed by atoms with Gasteiger partial charge in [0.25, 0.3) is 0 Å². The van der Waals surface area contributed by atoms with Gasteiger partial charge in [-0.3, -0.25) is 0 Å². The van der Waals surface area contributed by atoms with Gasteiger partial charge >= 0.3 is 0 Å². The number of hydrogen-bond acceptors (Lipinski definition) is 0. The third-order valence-electron chi connectivity index (χ3n) is 2.27. The van der Waals surface area contributed by atoms with Crippen molar-refractivity contribution in [2.24, 2.45) is 0 Å². The minimum atomic E-state index is 1.09. The second kappa shape index (κ2) is 4.28. The zero-order chi connectivity index (χ0) is 10.7. The van der Waals surface area contributed by atoms with E-state index in [1.165, 1.54) is 22.3 Å². The van der Waals surface area contributed by atoms with E-state index in [4.69, 9.17) is 0 Å². The van der Waals surface area contributed by atoms with E-state index in [1.54, 1.807) is 0 Å². The summed E-state index contributed by atoms with van der Waals surface area (Å²) in [5.41, 5.74) is 6.40. The van der Waals surface area contributed by atoms with Gasteiger partial charge in [-0.2, -0.15) is 0 Å². The quantitative estimate of drug-likeness (QED) is 0.607. The lowest BCUT2D eigenvalue weighted by Gasteiger charge is -2.06. The largest absolute Gasteiger partial charge is 0.0961 e. The van der Waals surface area contributed by atoms with E-state index in [1.807, 2.05) is 6.92 Å². The first-order valence-electron chi connectivity index (χ1n) is 4.92. The topological polar surface area (TPSA) is 0 Å². The van der Waals surface area contributed by atoms with Crippen LogP contribution in [0.25, 0.3) is 6.08 Å². The monoisotopic (exact) mass is 186 g/mol. The fraction of sp³-hybridized carbons (Fsp3) is 0.286. The zero-order valence-corrected chi connectivity index (χ0v) is 9.52. The van der Waals surface area contributed by atoms with Gasteiger partial charge < -0.3 is 0 Å². The molecule has 0 heteroatoms. The Kier molecular flexibility index (Phi) is 3.29. The molecule has 0 amide bonds. The molecule has 74 valence electrons. The highest BCUT2D eigenvalue weighted by molar-refractivity contribution is 5.60. The molecule has 0 aliphatic rings. The van der Waals surface area contributed by atoms with Crippen molar-refractivity contribution < 1.29 is 0 Å². The molecule has 0 saturated heterocycles. The molecule has 1 rings (SSSR count). The Morgan fingerprint density at radius 3 is 2.07 bits per heavy atom. The molecular formula is C14H18. The standard InChI is InChI=1S/C14H18/c1-10(2)6-7-14-12(4)8-11(3)9-13(14)5/h6-9H,1H2,2-5H3/b7-6+. The number of hydrogen-bond donors (Lipinski definition) is 0. The van der Waals surface area contributed by atoms with Crippen LogP contribution in [-0.4, -0.2) is 0 Å². The Hall–Kier alpha value is -1.30. The summed E-state index contributed by atoms with van der Waals surface area (Å²) in [5.74, 6) is 0. The zero-order valence-electron chi connectivity index (χ0n) is 9.52. The van der Waals surface area contributed by atoms with Crippen LogP contribution < -0.4 is 0 Å². The van der Waals surface area contributed by atoms with Gasteiger partial charge in [-0.05, 0) is 44.4 Å². The highest BCUT2D eigenvalue weighted by Crippen LogP contribution is 2.18. The first-order chi connectivity index (χ1) is 6.50. The molecule has 0 saturated carbocycles. The first-order valence-corrected chi connectivity index (χ1v) is 4.92. The summed E-state index contributed by atoms with van der Waals surface area (Å²) >= 11 is 0. The van der Waals surface area contributed by atoms with Crippen molar-refractivity contribution in [3.63, 3.8) is 0 Å². The van der Waals surface area contributed by atoms with E-state index in [2.05, 4.69) is 51.6 Å². The molecule has 0 aliphatic carbocycles. The molecule has 0 radical (unpaired) electrons.